The molecule has 96 valence electrons. The van der Waals surface area contributed by atoms with Crippen LogP contribution in [-0.2, 0) is 11.2 Å². The first kappa shape index (κ1) is 11.9. The Bertz CT molecular complexity index is 414. The third-order valence-corrected chi connectivity index (χ3v) is 4.43. The highest BCUT2D eigenvalue weighted by Gasteiger charge is 2.36. The van der Waals surface area contributed by atoms with Crippen LogP contribution in [0.15, 0.2) is 30.3 Å². The summed E-state index contributed by atoms with van der Waals surface area (Å²) in [5.74, 6) is 0.483. The third kappa shape index (κ3) is 2.49. The molecule has 2 aliphatic rings. The van der Waals surface area contributed by atoms with E-state index in [0.717, 1.165) is 25.7 Å². The van der Waals surface area contributed by atoms with E-state index in [0.29, 0.717) is 17.9 Å². The molecule has 0 spiro atoms. The molecule has 1 aromatic rings. The zero-order valence-corrected chi connectivity index (χ0v) is 10.8. The fraction of sp³-hybridized carbons (Fsp3) is 0.562. The number of hydrogen-bond acceptors (Lipinski definition) is 2. The van der Waals surface area contributed by atoms with Gasteiger partial charge in [0, 0.05) is 24.9 Å². The molecule has 1 aromatic carbocycles. The number of piperidine rings is 1. The van der Waals surface area contributed by atoms with Crippen LogP contribution in [0.1, 0.15) is 37.7 Å². The largest absolute Gasteiger partial charge is 0.300 e. The van der Waals surface area contributed by atoms with Crippen molar-refractivity contribution >= 4 is 5.78 Å². The molecule has 0 aromatic heterocycles. The second-order valence-corrected chi connectivity index (χ2v) is 5.66. The van der Waals surface area contributed by atoms with Crippen LogP contribution in [0, 0.1) is 0 Å². The highest BCUT2D eigenvalue weighted by molar-refractivity contribution is 5.80. The number of benzene rings is 1. The lowest BCUT2D eigenvalue weighted by atomic mass is 9.91. The predicted molar refractivity (Wildman–Crippen MR) is 72.5 cm³/mol. The Morgan fingerprint density at radius 3 is 2.83 bits per heavy atom. The minimum Gasteiger partial charge on any atom is -0.300 e. The number of rotatable bonds is 3. The number of nitrogens with zero attached hydrogens (tertiary/aromatic N) is 1. The van der Waals surface area contributed by atoms with E-state index >= 15 is 0 Å². The van der Waals surface area contributed by atoms with Gasteiger partial charge >= 0.3 is 0 Å². The van der Waals surface area contributed by atoms with Crippen molar-refractivity contribution in [2.75, 3.05) is 6.54 Å². The maximum atomic E-state index is 11.8. The van der Waals surface area contributed by atoms with Gasteiger partial charge in [0.1, 0.15) is 5.78 Å². The smallest absolute Gasteiger partial charge is 0.136 e. The van der Waals surface area contributed by atoms with Crippen LogP contribution in [-0.4, -0.2) is 29.3 Å². The fourth-order valence-electron chi connectivity index (χ4n) is 3.53. The van der Waals surface area contributed by atoms with E-state index < -0.39 is 0 Å². The van der Waals surface area contributed by atoms with Crippen molar-refractivity contribution in [1.29, 1.82) is 0 Å². The minimum atomic E-state index is 0.483. The average Bonchev–Trinajstić information content (AvgIpc) is 2.85. The zero-order valence-electron chi connectivity index (χ0n) is 10.8. The zero-order chi connectivity index (χ0) is 12.4. The molecule has 2 atom stereocenters. The molecule has 2 saturated heterocycles. The number of ketones is 1. The van der Waals surface area contributed by atoms with Crippen LogP contribution in [0.2, 0.25) is 0 Å². The van der Waals surface area contributed by atoms with E-state index in [1.807, 2.05) is 0 Å². The summed E-state index contributed by atoms with van der Waals surface area (Å²) in [6, 6.07) is 11.7. The van der Waals surface area contributed by atoms with Crippen molar-refractivity contribution in [2.24, 2.45) is 0 Å². The number of Topliss-reactive ketones (excluding diaryl/α,β-unsaturated/α-hetero) is 1. The van der Waals surface area contributed by atoms with Crippen LogP contribution in [0.5, 0.6) is 0 Å². The lowest BCUT2D eigenvalue weighted by Gasteiger charge is -2.37. The first-order valence-corrected chi connectivity index (χ1v) is 7.14. The van der Waals surface area contributed by atoms with E-state index in [1.54, 1.807) is 0 Å². The van der Waals surface area contributed by atoms with Crippen LogP contribution in [0.3, 0.4) is 0 Å². The van der Waals surface area contributed by atoms with E-state index in [-0.39, 0.29) is 0 Å². The van der Waals surface area contributed by atoms with Gasteiger partial charge in [-0.15, -0.1) is 0 Å². The van der Waals surface area contributed by atoms with E-state index in [4.69, 9.17) is 0 Å². The monoisotopic (exact) mass is 243 g/mol. The molecule has 2 aliphatic heterocycles. The minimum absolute atomic E-state index is 0.483. The maximum absolute atomic E-state index is 11.8. The van der Waals surface area contributed by atoms with Gasteiger partial charge in [0.15, 0.2) is 0 Å². The molecule has 2 nitrogen and oxygen atoms in total. The predicted octanol–water partition coefficient (Wildman–Crippen LogP) is 2.82. The summed E-state index contributed by atoms with van der Waals surface area (Å²) in [6.45, 7) is 1.21. The topological polar surface area (TPSA) is 20.3 Å². The number of fused-ring (bicyclic) bond motifs is 1. The van der Waals surface area contributed by atoms with E-state index in [1.165, 1.54) is 24.9 Å². The van der Waals surface area contributed by atoms with Gasteiger partial charge in [-0.05, 0) is 37.8 Å². The Labute approximate surface area is 109 Å². The molecule has 2 unspecified atom stereocenters. The Balaban J connectivity index is 1.62. The second-order valence-electron chi connectivity index (χ2n) is 5.66. The summed E-state index contributed by atoms with van der Waals surface area (Å²) >= 11 is 0. The lowest BCUT2D eigenvalue weighted by Crippen LogP contribution is -2.46. The Kier molecular flexibility index (Phi) is 3.46. The van der Waals surface area contributed by atoms with Crippen molar-refractivity contribution in [2.45, 2.75) is 50.6 Å². The van der Waals surface area contributed by atoms with Gasteiger partial charge in [0.05, 0.1) is 0 Å². The standard InChI is InChI=1S/C16H21NO/c18-16-11-14-7-4-10-17(14)15(12-16)9-8-13-5-2-1-3-6-13/h1-3,5-6,14-15H,4,7-12H2. The first-order chi connectivity index (χ1) is 8.83. The SMILES string of the molecule is O=C1CC2CCCN2C(CCc2ccccc2)C1. The molecule has 2 heteroatoms. The van der Waals surface area contributed by atoms with Crippen molar-refractivity contribution in [3.8, 4) is 0 Å². The molecule has 0 aliphatic carbocycles. The summed E-state index contributed by atoms with van der Waals surface area (Å²) in [7, 11) is 0. The van der Waals surface area contributed by atoms with Gasteiger partial charge in [0.25, 0.3) is 0 Å². The average molecular weight is 243 g/mol. The Morgan fingerprint density at radius 1 is 1.17 bits per heavy atom. The summed E-state index contributed by atoms with van der Waals surface area (Å²) in [4.78, 5) is 14.4. The maximum Gasteiger partial charge on any atom is 0.136 e. The van der Waals surface area contributed by atoms with E-state index in [9.17, 15) is 4.79 Å². The van der Waals surface area contributed by atoms with Gasteiger partial charge in [-0.25, -0.2) is 0 Å². The molecule has 0 N–H and O–H groups in total. The molecule has 0 radical (unpaired) electrons. The van der Waals surface area contributed by atoms with Crippen molar-refractivity contribution in [3.63, 3.8) is 0 Å². The summed E-state index contributed by atoms with van der Waals surface area (Å²) in [6.07, 6.45) is 6.33. The van der Waals surface area contributed by atoms with Gasteiger partial charge in [-0.2, -0.15) is 0 Å². The Morgan fingerprint density at radius 2 is 2.00 bits per heavy atom. The lowest BCUT2D eigenvalue weighted by molar-refractivity contribution is -0.124. The van der Waals surface area contributed by atoms with Crippen LogP contribution >= 0.6 is 0 Å². The van der Waals surface area contributed by atoms with Crippen LogP contribution < -0.4 is 0 Å². The summed E-state index contributed by atoms with van der Waals surface area (Å²) in [5.41, 5.74) is 1.39. The highest BCUT2D eigenvalue weighted by Crippen LogP contribution is 2.31. The summed E-state index contributed by atoms with van der Waals surface area (Å²) in [5, 5.41) is 0. The normalized spacial score (nSPS) is 28.3. The molecule has 3 rings (SSSR count). The number of carbonyl (C=O) groups is 1. The molecule has 18 heavy (non-hydrogen) atoms. The second kappa shape index (κ2) is 5.23. The molecule has 2 heterocycles. The fourth-order valence-corrected chi connectivity index (χ4v) is 3.53. The molecule has 0 saturated carbocycles. The highest BCUT2D eigenvalue weighted by atomic mass is 16.1. The van der Waals surface area contributed by atoms with Gasteiger partial charge in [-0.1, -0.05) is 30.3 Å². The van der Waals surface area contributed by atoms with Crippen molar-refractivity contribution in [1.82, 2.24) is 4.90 Å². The summed E-state index contributed by atoms with van der Waals surface area (Å²) < 4.78 is 0. The molecule has 2 fully saturated rings. The van der Waals surface area contributed by atoms with Gasteiger partial charge in [-0.3, -0.25) is 9.69 Å². The van der Waals surface area contributed by atoms with Gasteiger partial charge in [0.2, 0.25) is 0 Å². The van der Waals surface area contributed by atoms with Crippen LogP contribution in [0.4, 0.5) is 0 Å². The number of carbonyl (C=O) groups excluding carboxylic acids is 1. The van der Waals surface area contributed by atoms with Crippen molar-refractivity contribution in [3.05, 3.63) is 35.9 Å². The molecular weight excluding hydrogens is 222 g/mol. The quantitative estimate of drug-likeness (QED) is 0.813. The number of aryl methyl sites for hydroxylation is 1. The third-order valence-electron chi connectivity index (χ3n) is 4.43. The van der Waals surface area contributed by atoms with E-state index in [2.05, 4.69) is 35.2 Å². The molecule has 0 amide bonds. The van der Waals surface area contributed by atoms with Gasteiger partial charge < -0.3 is 0 Å². The van der Waals surface area contributed by atoms with Crippen LogP contribution in [0.25, 0.3) is 0 Å². The van der Waals surface area contributed by atoms with Crippen molar-refractivity contribution < 1.29 is 4.79 Å². The molecule has 0 bridgehead atoms. The number of hydrogen-bond donors (Lipinski definition) is 0. The Hall–Kier alpha value is -1.15. The molecular formula is C16H21NO. The first-order valence-electron chi connectivity index (χ1n) is 7.14.